The molecule has 10 aromatic carbocycles. The predicted molar refractivity (Wildman–Crippen MR) is 279 cm³/mol. The summed E-state index contributed by atoms with van der Waals surface area (Å²) in [5.74, 6) is 0. The Hall–Kier alpha value is -8.66. The summed E-state index contributed by atoms with van der Waals surface area (Å²) < 4.78 is 0. The summed E-state index contributed by atoms with van der Waals surface area (Å²) in [6.07, 6.45) is 0. The Balaban J connectivity index is 1.09. The standard InChI is InChI=1S/C65H45N3/c1-5-21-45(22-6-1)62(46-23-7-2-8-24-46)66-43-44-37-39-58-60(41-44)64(54-33-17-13-29-50(54)51-30-14-18-34-55(51)64)59-40-38-49(67-68-63(47-25-9-3-10-26-47)48-27-11-4-12-28-48)42-61(59)65(58)56-35-19-15-31-52(56)53-32-16-20-36-57(53)65/h1-42,67H,43H2. The van der Waals surface area contributed by atoms with Gasteiger partial charge in [-0.2, -0.15) is 5.10 Å². The summed E-state index contributed by atoms with van der Waals surface area (Å²) in [6, 6.07) is 92.7. The molecule has 13 rings (SSSR count). The number of hydrogen-bond donors (Lipinski definition) is 1. The lowest BCUT2D eigenvalue weighted by atomic mass is 9.52. The van der Waals surface area contributed by atoms with Crippen molar-refractivity contribution < 1.29 is 0 Å². The van der Waals surface area contributed by atoms with Crippen molar-refractivity contribution in [2.45, 2.75) is 17.4 Å². The molecule has 0 aromatic heterocycles. The van der Waals surface area contributed by atoms with Crippen LogP contribution >= 0.6 is 0 Å². The molecular weight excluding hydrogens is 823 g/mol. The van der Waals surface area contributed by atoms with Crippen LogP contribution in [-0.4, -0.2) is 11.4 Å². The van der Waals surface area contributed by atoms with Crippen molar-refractivity contribution in [3.8, 4) is 22.3 Å². The SMILES string of the molecule is c1ccc(C(=NCc2ccc3c(c2)C2(c4ccccc4-c4ccccc42)c2ccc(NN=C(c4ccccc4)c4ccccc4)cc2C32c3ccccc3-c3ccccc32)c2ccccc2)cc1. The Bertz CT molecular complexity index is 3190. The van der Waals surface area contributed by atoms with Crippen molar-refractivity contribution in [1.82, 2.24) is 0 Å². The van der Waals surface area contributed by atoms with E-state index < -0.39 is 10.8 Å². The average Bonchev–Trinajstić information content (AvgIpc) is 3.88. The smallest absolute Gasteiger partial charge is 0.0977 e. The Morgan fingerprint density at radius 2 is 0.662 bits per heavy atom. The van der Waals surface area contributed by atoms with Crippen LogP contribution in [0.3, 0.4) is 0 Å². The fraction of sp³-hybridized carbons (Fsp3) is 0.0462. The molecule has 0 saturated carbocycles. The van der Waals surface area contributed by atoms with Crippen molar-refractivity contribution in [3.05, 3.63) is 327 Å². The van der Waals surface area contributed by atoms with Gasteiger partial charge in [0.05, 0.1) is 34.5 Å². The second-order valence-electron chi connectivity index (χ2n) is 18.0. The summed E-state index contributed by atoms with van der Waals surface area (Å²) in [7, 11) is 0. The van der Waals surface area contributed by atoms with Crippen LogP contribution in [0.2, 0.25) is 0 Å². The van der Waals surface area contributed by atoms with Gasteiger partial charge in [-0.15, -0.1) is 0 Å². The highest BCUT2D eigenvalue weighted by Crippen LogP contribution is 2.67. The first-order chi connectivity index (χ1) is 33.7. The van der Waals surface area contributed by atoms with Crippen LogP contribution in [0.1, 0.15) is 72.3 Å². The molecule has 0 bridgehead atoms. The fourth-order valence-corrected chi connectivity index (χ4v) is 11.8. The van der Waals surface area contributed by atoms with E-state index in [0.29, 0.717) is 6.54 Å². The first kappa shape index (κ1) is 39.7. The van der Waals surface area contributed by atoms with Gasteiger partial charge in [-0.3, -0.25) is 10.4 Å². The number of fused-ring (bicyclic) bond motifs is 16. The summed E-state index contributed by atoms with van der Waals surface area (Å²) >= 11 is 0. The molecule has 320 valence electrons. The zero-order chi connectivity index (χ0) is 45.1. The third-order valence-electron chi connectivity index (χ3n) is 14.5. The third-order valence-corrected chi connectivity index (χ3v) is 14.5. The van der Waals surface area contributed by atoms with Gasteiger partial charge in [0.1, 0.15) is 0 Å². The first-order valence-electron chi connectivity index (χ1n) is 23.5. The van der Waals surface area contributed by atoms with Crippen molar-refractivity contribution in [3.63, 3.8) is 0 Å². The Morgan fingerprint density at radius 3 is 1.09 bits per heavy atom. The summed E-state index contributed by atoms with van der Waals surface area (Å²) in [5, 5.41) is 5.24. The van der Waals surface area contributed by atoms with Crippen LogP contribution in [0, 0.1) is 0 Å². The molecule has 3 heteroatoms. The maximum Gasteiger partial charge on any atom is 0.0977 e. The molecule has 0 saturated heterocycles. The lowest BCUT2D eigenvalue weighted by molar-refractivity contribution is 0.631. The molecular formula is C65H45N3. The molecule has 0 radical (unpaired) electrons. The molecule has 3 aliphatic rings. The molecule has 2 spiro atoms. The van der Waals surface area contributed by atoms with Gasteiger partial charge in [0.25, 0.3) is 0 Å². The monoisotopic (exact) mass is 867 g/mol. The van der Waals surface area contributed by atoms with E-state index in [2.05, 4.69) is 260 Å². The van der Waals surface area contributed by atoms with Crippen molar-refractivity contribution >= 4 is 17.1 Å². The first-order valence-corrected chi connectivity index (χ1v) is 23.5. The van der Waals surface area contributed by atoms with E-state index in [1.54, 1.807) is 0 Å². The minimum Gasteiger partial charge on any atom is -0.279 e. The van der Waals surface area contributed by atoms with Gasteiger partial charge in [0.2, 0.25) is 0 Å². The largest absolute Gasteiger partial charge is 0.279 e. The highest BCUT2D eigenvalue weighted by atomic mass is 15.3. The van der Waals surface area contributed by atoms with Gasteiger partial charge in [-0.05, 0) is 84.5 Å². The summed E-state index contributed by atoms with van der Waals surface area (Å²) in [5.41, 5.74) is 25.9. The molecule has 0 amide bonds. The molecule has 0 atom stereocenters. The second-order valence-corrected chi connectivity index (χ2v) is 18.0. The number of hydrazone groups is 1. The maximum absolute atomic E-state index is 5.48. The normalized spacial score (nSPS) is 13.6. The summed E-state index contributed by atoms with van der Waals surface area (Å²) in [4.78, 5) is 5.48. The van der Waals surface area contributed by atoms with Gasteiger partial charge < -0.3 is 0 Å². The van der Waals surface area contributed by atoms with Crippen molar-refractivity contribution in [1.29, 1.82) is 0 Å². The zero-order valence-electron chi connectivity index (χ0n) is 37.4. The molecule has 3 nitrogen and oxygen atoms in total. The van der Waals surface area contributed by atoms with E-state index in [1.165, 1.54) is 66.8 Å². The third kappa shape index (κ3) is 5.92. The minimum atomic E-state index is -0.653. The molecule has 1 N–H and O–H groups in total. The van der Waals surface area contributed by atoms with E-state index >= 15 is 0 Å². The van der Waals surface area contributed by atoms with Crippen LogP contribution < -0.4 is 5.43 Å². The number of nitrogens with zero attached hydrogens (tertiary/aromatic N) is 2. The van der Waals surface area contributed by atoms with Crippen molar-refractivity contribution in [2.75, 3.05) is 5.43 Å². The molecule has 0 fully saturated rings. The minimum absolute atomic E-state index is 0.519. The van der Waals surface area contributed by atoms with Crippen molar-refractivity contribution in [2.24, 2.45) is 10.1 Å². The number of hydrogen-bond acceptors (Lipinski definition) is 3. The molecule has 3 aliphatic carbocycles. The number of nitrogens with one attached hydrogen (secondary N) is 1. The van der Waals surface area contributed by atoms with E-state index in [-0.39, 0.29) is 0 Å². The van der Waals surface area contributed by atoms with E-state index in [4.69, 9.17) is 10.1 Å². The zero-order valence-corrected chi connectivity index (χ0v) is 37.4. The van der Waals surface area contributed by atoms with Crippen LogP contribution in [0.4, 0.5) is 5.69 Å². The van der Waals surface area contributed by atoms with Crippen LogP contribution in [-0.2, 0) is 17.4 Å². The topological polar surface area (TPSA) is 36.8 Å². The predicted octanol–water partition coefficient (Wildman–Crippen LogP) is 14.6. The van der Waals surface area contributed by atoms with Gasteiger partial charge in [-0.25, -0.2) is 0 Å². The van der Waals surface area contributed by atoms with E-state index in [0.717, 1.165) is 44.9 Å². The van der Waals surface area contributed by atoms with Crippen LogP contribution in [0.5, 0.6) is 0 Å². The molecule has 0 aliphatic heterocycles. The summed E-state index contributed by atoms with van der Waals surface area (Å²) in [6.45, 7) is 0.519. The lowest BCUT2D eigenvalue weighted by Gasteiger charge is -2.49. The second kappa shape index (κ2) is 16.0. The number of anilines is 1. The lowest BCUT2D eigenvalue weighted by Crippen LogP contribution is -2.44. The average molecular weight is 868 g/mol. The Morgan fingerprint density at radius 1 is 0.309 bits per heavy atom. The van der Waals surface area contributed by atoms with Gasteiger partial charge in [0.15, 0.2) is 0 Å². The number of aliphatic imine (C=N–C) groups is 1. The van der Waals surface area contributed by atoms with Gasteiger partial charge in [-0.1, -0.05) is 243 Å². The van der Waals surface area contributed by atoms with Gasteiger partial charge >= 0.3 is 0 Å². The maximum atomic E-state index is 5.48. The molecule has 68 heavy (non-hydrogen) atoms. The fourth-order valence-electron chi connectivity index (χ4n) is 11.8. The number of rotatable bonds is 8. The Kier molecular flexibility index (Phi) is 9.36. The highest BCUT2D eigenvalue weighted by Gasteiger charge is 2.59. The van der Waals surface area contributed by atoms with Crippen LogP contribution in [0.25, 0.3) is 22.3 Å². The highest BCUT2D eigenvalue weighted by molar-refractivity contribution is 6.13. The molecule has 10 aromatic rings. The number of benzene rings is 10. The van der Waals surface area contributed by atoms with E-state index in [1.807, 2.05) is 0 Å². The quantitative estimate of drug-likeness (QED) is 0.120. The Labute approximate surface area is 397 Å². The van der Waals surface area contributed by atoms with Crippen LogP contribution in [0.15, 0.2) is 265 Å². The van der Waals surface area contributed by atoms with E-state index in [9.17, 15) is 0 Å². The van der Waals surface area contributed by atoms with Gasteiger partial charge in [0, 0.05) is 22.3 Å². The molecule has 0 heterocycles. The molecule has 0 unspecified atom stereocenters.